The molecule has 4 rings (SSSR count). The molecule has 1 aliphatic carbocycles. The van der Waals surface area contributed by atoms with Gasteiger partial charge in [0.25, 0.3) is 5.91 Å². The van der Waals surface area contributed by atoms with Crippen molar-refractivity contribution in [2.24, 2.45) is 5.14 Å². The van der Waals surface area contributed by atoms with Crippen molar-refractivity contribution in [2.45, 2.75) is 30.6 Å². The van der Waals surface area contributed by atoms with Crippen molar-refractivity contribution < 1.29 is 13.2 Å². The molecule has 1 heterocycles. The summed E-state index contributed by atoms with van der Waals surface area (Å²) < 4.78 is 22.6. The Morgan fingerprint density at radius 1 is 1.07 bits per heavy atom. The number of sulfonamides is 1. The second kappa shape index (κ2) is 7.33. The number of hydrogen-bond acceptors (Lipinski definition) is 4. The minimum Gasteiger partial charge on any atom is -0.352 e. The number of nitrogens with zero attached hydrogens (tertiary/aromatic N) is 1. The maximum atomic E-state index is 13.0. The number of hydrogen-bond donors (Lipinski definition) is 2. The van der Waals surface area contributed by atoms with Crippen LogP contribution >= 0.6 is 0 Å². The van der Waals surface area contributed by atoms with E-state index in [0.717, 1.165) is 52.5 Å². The van der Waals surface area contributed by atoms with Gasteiger partial charge in [0.15, 0.2) is 0 Å². The molecule has 0 saturated heterocycles. The lowest BCUT2D eigenvalue weighted by molar-refractivity contribution is 0.0955. The molecule has 3 N–H and O–H groups in total. The topological polar surface area (TPSA) is 102 Å². The van der Waals surface area contributed by atoms with Crippen molar-refractivity contribution in [2.75, 3.05) is 6.54 Å². The number of nitrogens with one attached hydrogen (secondary N) is 1. The third-order valence-corrected chi connectivity index (χ3v) is 6.03. The van der Waals surface area contributed by atoms with Gasteiger partial charge in [0.1, 0.15) is 0 Å². The first kappa shape index (κ1) is 18.6. The standard InChI is InChI=1S/C21H21N3O3S/c22-28(26,27)15-10-8-14(9-11-15)12-13-23-21(25)20-16-4-1-2-6-18(16)24-19-7-3-5-17(19)20/h1-2,4,6,8-11H,3,5,7,12-13H2,(H,23,25)(H2,22,26,27). The van der Waals surface area contributed by atoms with Gasteiger partial charge in [0, 0.05) is 17.6 Å². The maximum Gasteiger partial charge on any atom is 0.252 e. The number of para-hydroxylation sites is 1. The van der Waals surface area contributed by atoms with Gasteiger partial charge in [0.2, 0.25) is 10.0 Å². The summed E-state index contributed by atoms with van der Waals surface area (Å²) in [6.45, 7) is 0.457. The van der Waals surface area contributed by atoms with Gasteiger partial charge in [-0.15, -0.1) is 0 Å². The molecule has 0 spiro atoms. The fraction of sp³-hybridized carbons (Fsp3) is 0.238. The molecule has 0 bridgehead atoms. The lowest BCUT2D eigenvalue weighted by Crippen LogP contribution is -2.27. The summed E-state index contributed by atoms with van der Waals surface area (Å²) >= 11 is 0. The van der Waals surface area contributed by atoms with Gasteiger partial charge >= 0.3 is 0 Å². The highest BCUT2D eigenvalue weighted by atomic mass is 32.2. The number of carbonyl (C=O) groups is 1. The van der Waals surface area contributed by atoms with E-state index in [9.17, 15) is 13.2 Å². The normalized spacial score (nSPS) is 13.5. The number of carbonyl (C=O) groups excluding carboxylic acids is 1. The van der Waals surface area contributed by atoms with Crippen molar-refractivity contribution >= 4 is 26.8 Å². The Kier molecular flexibility index (Phi) is 4.87. The van der Waals surface area contributed by atoms with Gasteiger partial charge in [-0.1, -0.05) is 30.3 Å². The van der Waals surface area contributed by atoms with E-state index in [1.165, 1.54) is 12.1 Å². The van der Waals surface area contributed by atoms with Crippen LogP contribution in [0.1, 0.15) is 33.6 Å². The van der Waals surface area contributed by atoms with Crippen LogP contribution in [0.4, 0.5) is 0 Å². The average molecular weight is 395 g/mol. The molecule has 6 nitrogen and oxygen atoms in total. The number of aromatic nitrogens is 1. The molecule has 2 aromatic carbocycles. The van der Waals surface area contributed by atoms with Crippen molar-refractivity contribution in [3.8, 4) is 0 Å². The quantitative estimate of drug-likeness (QED) is 0.692. The average Bonchev–Trinajstić information content (AvgIpc) is 3.13. The SMILES string of the molecule is NS(=O)(=O)c1ccc(CCNC(=O)c2c3c(nc4ccccc24)CCC3)cc1. The van der Waals surface area contributed by atoms with Crippen molar-refractivity contribution in [3.63, 3.8) is 0 Å². The van der Waals surface area contributed by atoms with E-state index in [1.807, 2.05) is 24.3 Å². The first-order valence-corrected chi connectivity index (χ1v) is 10.8. The molecule has 3 aromatic rings. The van der Waals surface area contributed by atoms with E-state index < -0.39 is 10.0 Å². The lowest BCUT2D eigenvalue weighted by atomic mass is 10.0. The number of amides is 1. The summed E-state index contributed by atoms with van der Waals surface area (Å²) in [5.74, 6) is -0.0853. The molecular formula is C21H21N3O3S. The Morgan fingerprint density at radius 3 is 2.57 bits per heavy atom. The van der Waals surface area contributed by atoms with E-state index in [0.29, 0.717) is 13.0 Å². The Hall–Kier alpha value is -2.77. The van der Waals surface area contributed by atoms with Gasteiger partial charge in [-0.3, -0.25) is 9.78 Å². The molecule has 0 radical (unpaired) electrons. The second-order valence-corrected chi connectivity index (χ2v) is 8.54. The van der Waals surface area contributed by atoms with Gasteiger partial charge in [-0.2, -0.15) is 0 Å². The van der Waals surface area contributed by atoms with Crippen LogP contribution in [0.5, 0.6) is 0 Å². The van der Waals surface area contributed by atoms with Gasteiger partial charge in [-0.05, 0) is 55.0 Å². The zero-order valence-electron chi connectivity index (χ0n) is 15.3. The first-order chi connectivity index (χ1) is 13.4. The number of aryl methyl sites for hydroxylation is 1. The number of nitrogens with two attached hydrogens (primary N) is 1. The monoisotopic (exact) mass is 395 g/mol. The van der Waals surface area contributed by atoms with Crippen LogP contribution in [0.3, 0.4) is 0 Å². The van der Waals surface area contributed by atoms with Crippen molar-refractivity contribution in [3.05, 3.63) is 70.9 Å². The highest BCUT2D eigenvalue weighted by Crippen LogP contribution is 2.29. The molecule has 1 aliphatic rings. The first-order valence-electron chi connectivity index (χ1n) is 9.24. The van der Waals surface area contributed by atoms with E-state index in [4.69, 9.17) is 10.1 Å². The largest absolute Gasteiger partial charge is 0.352 e. The molecule has 0 saturated carbocycles. The summed E-state index contributed by atoms with van der Waals surface area (Å²) in [5, 5.41) is 9.00. The maximum absolute atomic E-state index is 13.0. The zero-order chi connectivity index (χ0) is 19.7. The predicted octanol–water partition coefficient (Wildman–Crippen LogP) is 2.34. The third kappa shape index (κ3) is 3.63. The molecule has 0 unspecified atom stereocenters. The summed E-state index contributed by atoms with van der Waals surface area (Å²) in [5.41, 5.74) is 4.61. The Bertz CT molecular complexity index is 1160. The van der Waals surface area contributed by atoms with Gasteiger partial charge in [-0.25, -0.2) is 13.6 Å². The molecule has 28 heavy (non-hydrogen) atoms. The highest BCUT2D eigenvalue weighted by Gasteiger charge is 2.23. The summed E-state index contributed by atoms with van der Waals surface area (Å²) in [4.78, 5) is 17.8. The minimum absolute atomic E-state index is 0.0825. The Balaban J connectivity index is 1.51. The number of benzene rings is 2. The predicted molar refractivity (Wildman–Crippen MR) is 108 cm³/mol. The van der Waals surface area contributed by atoms with Crippen molar-refractivity contribution in [1.29, 1.82) is 0 Å². The molecular weight excluding hydrogens is 374 g/mol. The lowest BCUT2D eigenvalue weighted by Gasteiger charge is -2.13. The van der Waals surface area contributed by atoms with Crippen LogP contribution in [-0.4, -0.2) is 25.9 Å². The van der Waals surface area contributed by atoms with E-state index in [1.54, 1.807) is 12.1 Å². The van der Waals surface area contributed by atoms with E-state index in [2.05, 4.69) is 5.32 Å². The summed E-state index contributed by atoms with van der Waals surface area (Å²) in [7, 11) is -3.69. The fourth-order valence-electron chi connectivity index (χ4n) is 3.72. The van der Waals surface area contributed by atoms with Crippen LogP contribution in [0.2, 0.25) is 0 Å². The number of fused-ring (bicyclic) bond motifs is 2. The summed E-state index contributed by atoms with van der Waals surface area (Å²) in [6.07, 6.45) is 3.42. The van der Waals surface area contributed by atoms with Crippen LogP contribution in [-0.2, 0) is 29.3 Å². The third-order valence-electron chi connectivity index (χ3n) is 5.10. The Labute approximate surface area is 163 Å². The van der Waals surface area contributed by atoms with Gasteiger partial charge < -0.3 is 5.32 Å². The van der Waals surface area contributed by atoms with Crippen molar-refractivity contribution in [1.82, 2.24) is 10.3 Å². The fourth-order valence-corrected chi connectivity index (χ4v) is 4.24. The van der Waals surface area contributed by atoms with Crippen LogP contribution in [0.15, 0.2) is 53.4 Å². The zero-order valence-corrected chi connectivity index (χ0v) is 16.1. The van der Waals surface area contributed by atoms with Crippen LogP contribution in [0.25, 0.3) is 10.9 Å². The molecule has 1 aromatic heterocycles. The molecule has 7 heteroatoms. The summed E-state index contributed by atoms with van der Waals surface area (Å²) in [6, 6.07) is 14.1. The highest BCUT2D eigenvalue weighted by molar-refractivity contribution is 7.89. The molecule has 0 aliphatic heterocycles. The molecule has 0 fully saturated rings. The smallest absolute Gasteiger partial charge is 0.252 e. The van der Waals surface area contributed by atoms with Gasteiger partial charge in [0.05, 0.1) is 16.0 Å². The minimum atomic E-state index is -3.69. The molecule has 1 amide bonds. The number of primary sulfonamides is 1. The van der Waals surface area contributed by atoms with E-state index in [-0.39, 0.29) is 10.8 Å². The van der Waals surface area contributed by atoms with Crippen LogP contribution in [0, 0.1) is 0 Å². The number of rotatable bonds is 5. The number of pyridine rings is 1. The Morgan fingerprint density at radius 2 is 1.82 bits per heavy atom. The van der Waals surface area contributed by atoms with Crippen LogP contribution < -0.4 is 10.5 Å². The molecule has 0 atom stereocenters. The molecule has 144 valence electrons. The van der Waals surface area contributed by atoms with E-state index >= 15 is 0 Å². The second-order valence-electron chi connectivity index (χ2n) is 6.98.